The minimum Gasteiger partial charge on any atom is -0.373 e. The van der Waals surface area contributed by atoms with Gasteiger partial charge < -0.3 is 30.4 Å². The van der Waals surface area contributed by atoms with Crippen LogP contribution in [-0.4, -0.2) is 56.5 Å². The molecule has 25 heavy (non-hydrogen) atoms. The Morgan fingerprint density at radius 2 is 1.36 bits per heavy atom. The summed E-state index contributed by atoms with van der Waals surface area (Å²) in [7, 11) is 0. The first kappa shape index (κ1) is 16.4. The van der Waals surface area contributed by atoms with Crippen molar-refractivity contribution in [1.82, 2.24) is 0 Å². The molecule has 6 heteroatoms. The van der Waals surface area contributed by atoms with Crippen molar-refractivity contribution in [1.29, 1.82) is 0 Å². The van der Waals surface area contributed by atoms with Crippen molar-refractivity contribution >= 4 is 0 Å². The molecule has 4 N–H and O–H groups in total. The summed E-state index contributed by atoms with van der Waals surface area (Å²) >= 11 is 0. The van der Waals surface area contributed by atoms with Gasteiger partial charge in [-0.25, -0.2) is 0 Å². The number of rotatable bonds is 8. The van der Waals surface area contributed by atoms with E-state index in [1.165, 1.54) is 22.3 Å². The standard InChI is InChI=1S/C19H28N2O4/c1-10-15(2-11-6-22-11)17(4-13-8-24-13)19(20,21)18(5-14-9-25-14)16(10)3-12-7-23-12/h11-14,17H,2-9,20-21H2,1H3. The summed E-state index contributed by atoms with van der Waals surface area (Å²) in [6.07, 6.45) is 4.79. The average molecular weight is 348 g/mol. The second-order valence-corrected chi connectivity index (χ2v) is 8.26. The zero-order valence-corrected chi connectivity index (χ0v) is 14.8. The monoisotopic (exact) mass is 348 g/mol. The number of allylic oxidation sites excluding steroid dienone is 1. The average Bonchev–Trinajstić information content (AvgIpc) is 3.43. The van der Waals surface area contributed by atoms with Gasteiger partial charge in [0, 0.05) is 18.8 Å². The van der Waals surface area contributed by atoms with Crippen LogP contribution in [0.15, 0.2) is 22.3 Å². The first-order chi connectivity index (χ1) is 12.0. The molecule has 0 saturated carbocycles. The lowest BCUT2D eigenvalue weighted by atomic mass is 9.67. The van der Waals surface area contributed by atoms with Gasteiger partial charge in [0.25, 0.3) is 0 Å². The highest BCUT2D eigenvalue weighted by atomic mass is 16.6. The molecule has 0 aromatic rings. The van der Waals surface area contributed by atoms with Crippen molar-refractivity contribution in [2.45, 2.75) is 62.7 Å². The number of nitrogens with two attached hydrogens (primary N) is 2. The summed E-state index contributed by atoms with van der Waals surface area (Å²) in [5, 5.41) is 0. The van der Waals surface area contributed by atoms with Crippen LogP contribution in [-0.2, 0) is 18.9 Å². The molecule has 1 aliphatic carbocycles. The first-order valence-electron chi connectivity index (χ1n) is 9.49. The van der Waals surface area contributed by atoms with E-state index in [9.17, 15) is 0 Å². The van der Waals surface area contributed by atoms with E-state index in [0.29, 0.717) is 18.3 Å². The van der Waals surface area contributed by atoms with Gasteiger partial charge in [-0.15, -0.1) is 0 Å². The molecule has 0 aromatic carbocycles. The summed E-state index contributed by atoms with van der Waals surface area (Å²) in [5.41, 5.74) is 18.1. The Labute approximate surface area is 148 Å². The van der Waals surface area contributed by atoms with Crippen molar-refractivity contribution in [3.05, 3.63) is 22.3 Å². The van der Waals surface area contributed by atoms with Crippen molar-refractivity contribution in [3.8, 4) is 0 Å². The van der Waals surface area contributed by atoms with Crippen molar-refractivity contribution in [3.63, 3.8) is 0 Å². The second kappa shape index (κ2) is 5.87. The highest BCUT2D eigenvalue weighted by Gasteiger charge is 2.48. The zero-order valence-electron chi connectivity index (χ0n) is 14.8. The lowest BCUT2D eigenvalue weighted by Crippen LogP contribution is -2.60. The molecule has 4 aliphatic heterocycles. The SMILES string of the molecule is CC1=C(CC2CO2)C(CC2CO2)C(N)(N)C(CC2CO2)=C1CC1CO1. The van der Waals surface area contributed by atoms with Crippen LogP contribution in [0.5, 0.6) is 0 Å². The van der Waals surface area contributed by atoms with E-state index >= 15 is 0 Å². The summed E-state index contributed by atoms with van der Waals surface area (Å²) in [4.78, 5) is 0. The van der Waals surface area contributed by atoms with Crippen molar-refractivity contribution in [2.75, 3.05) is 26.4 Å². The number of ether oxygens (including phenoxy) is 4. The molecular formula is C19H28N2O4. The number of epoxide rings is 4. The Morgan fingerprint density at radius 1 is 0.840 bits per heavy atom. The van der Waals surface area contributed by atoms with Gasteiger partial charge in [0.1, 0.15) is 0 Å². The lowest BCUT2D eigenvalue weighted by Gasteiger charge is -2.44. The maximum atomic E-state index is 6.85. The molecular weight excluding hydrogens is 320 g/mol. The highest BCUT2D eigenvalue weighted by molar-refractivity contribution is 5.50. The fraction of sp³-hybridized carbons (Fsp3) is 0.789. The molecule has 5 atom stereocenters. The Balaban J connectivity index is 1.54. The second-order valence-electron chi connectivity index (χ2n) is 8.26. The highest BCUT2D eigenvalue weighted by Crippen LogP contribution is 2.48. The van der Waals surface area contributed by atoms with Crippen LogP contribution >= 0.6 is 0 Å². The topological polar surface area (TPSA) is 102 Å². The van der Waals surface area contributed by atoms with Crippen LogP contribution in [0.2, 0.25) is 0 Å². The van der Waals surface area contributed by atoms with E-state index < -0.39 is 5.66 Å². The molecule has 0 bridgehead atoms. The quantitative estimate of drug-likeness (QED) is 0.501. The van der Waals surface area contributed by atoms with Crippen LogP contribution < -0.4 is 11.5 Å². The van der Waals surface area contributed by atoms with E-state index in [1.54, 1.807) is 0 Å². The normalized spacial score (nSPS) is 41.2. The molecule has 5 unspecified atom stereocenters. The van der Waals surface area contributed by atoms with Crippen LogP contribution in [0.1, 0.15) is 32.6 Å². The molecule has 0 amide bonds. The Bertz CT molecular complexity index is 625. The smallest absolute Gasteiger partial charge is 0.0933 e. The zero-order chi connectivity index (χ0) is 17.2. The van der Waals surface area contributed by atoms with E-state index in [0.717, 1.165) is 52.1 Å². The van der Waals surface area contributed by atoms with E-state index in [1.807, 2.05) is 0 Å². The molecule has 0 spiro atoms. The Morgan fingerprint density at radius 3 is 1.92 bits per heavy atom. The molecule has 4 fully saturated rings. The van der Waals surface area contributed by atoms with E-state index in [-0.39, 0.29) is 12.0 Å². The predicted octanol–water partition coefficient (Wildman–Crippen LogP) is 0.999. The summed E-state index contributed by atoms with van der Waals surface area (Å²) in [5.74, 6) is 0.113. The molecule has 4 heterocycles. The summed E-state index contributed by atoms with van der Waals surface area (Å²) in [6.45, 7) is 5.56. The van der Waals surface area contributed by atoms with Gasteiger partial charge in [-0.1, -0.05) is 5.57 Å². The van der Waals surface area contributed by atoms with Gasteiger partial charge in [0.05, 0.1) is 56.5 Å². The van der Waals surface area contributed by atoms with Crippen LogP contribution in [0, 0.1) is 5.92 Å². The molecule has 0 radical (unpaired) electrons. The maximum absolute atomic E-state index is 6.85. The fourth-order valence-corrected chi connectivity index (χ4v) is 4.38. The lowest BCUT2D eigenvalue weighted by molar-refractivity contribution is 0.272. The van der Waals surface area contributed by atoms with Gasteiger partial charge >= 0.3 is 0 Å². The number of hydrogen-bond donors (Lipinski definition) is 2. The third kappa shape index (κ3) is 3.44. The van der Waals surface area contributed by atoms with Crippen molar-refractivity contribution < 1.29 is 18.9 Å². The van der Waals surface area contributed by atoms with Gasteiger partial charge in [0.15, 0.2) is 0 Å². The first-order valence-corrected chi connectivity index (χ1v) is 9.49. The van der Waals surface area contributed by atoms with Gasteiger partial charge in [-0.2, -0.15) is 0 Å². The summed E-state index contributed by atoms with van der Waals surface area (Å²) in [6, 6.07) is 0. The van der Waals surface area contributed by atoms with Crippen LogP contribution in [0.4, 0.5) is 0 Å². The minimum atomic E-state index is -0.841. The van der Waals surface area contributed by atoms with Gasteiger partial charge in [-0.3, -0.25) is 0 Å². The van der Waals surface area contributed by atoms with E-state index in [2.05, 4.69) is 6.92 Å². The number of hydrogen-bond acceptors (Lipinski definition) is 6. The molecule has 4 saturated heterocycles. The molecule has 6 nitrogen and oxygen atoms in total. The molecule has 0 aromatic heterocycles. The van der Waals surface area contributed by atoms with Gasteiger partial charge in [-0.05, 0) is 36.5 Å². The van der Waals surface area contributed by atoms with Gasteiger partial charge in [0.2, 0.25) is 0 Å². The molecule has 138 valence electrons. The predicted molar refractivity (Wildman–Crippen MR) is 91.7 cm³/mol. The Hall–Kier alpha value is -0.760. The molecule has 5 rings (SSSR count). The van der Waals surface area contributed by atoms with E-state index in [4.69, 9.17) is 30.4 Å². The minimum absolute atomic E-state index is 0.113. The third-order valence-corrected chi connectivity index (χ3v) is 6.24. The fourth-order valence-electron chi connectivity index (χ4n) is 4.38. The third-order valence-electron chi connectivity index (χ3n) is 6.24. The van der Waals surface area contributed by atoms with Crippen LogP contribution in [0.25, 0.3) is 0 Å². The van der Waals surface area contributed by atoms with Crippen LogP contribution in [0.3, 0.4) is 0 Å². The van der Waals surface area contributed by atoms with Crippen molar-refractivity contribution in [2.24, 2.45) is 17.4 Å². The Kier molecular flexibility index (Phi) is 3.86. The largest absolute Gasteiger partial charge is 0.373 e. The summed E-state index contributed by atoms with van der Waals surface area (Å²) < 4.78 is 22.0. The maximum Gasteiger partial charge on any atom is 0.0933 e. The molecule has 5 aliphatic rings.